The molecule has 4 rings (SSSR count). The summed E-state index contributed by atoms with van der Waals surface area (Å²) in [6.07, 6.45) is 18.8. The first-order chi connectivity index (χ1) is 21.9. The lowest BCUT2D eigenvalue weighted by Gasteiger charge is -2.17. The van der Waals surface area contributed by atoms with Crippen molar-refractivity contribution in [3.63, 3.8) is 0 Å². The van der Waals surface area contributed by atoms with Gasteiger partial charge in [-0.15, -0.1) is 0 Å². The Labute approximate surface area is 283 Å². The normalized spacial score (nSPS) is 20.1. The molecule has 0 aliphatic heterocycles. The number of nitrogens with one attached hydrogen (secondary N) is 1. The van der Waals surface area contributed by atoms with Gasteiger partial charge in [-0.25, -0.2) is 37.1 Å². The zero-order valence-electron chi connectivity index (χ0n) is 28.9. The number of sulfonamides is 2. The molecule has 2 saturated carbocycles. The van der Waals surface area contributed by atoms with Crippen LogP contribution in [0.5, 0.6) is 0 Å². The maximum Gasteiger partial charge on any atom is 0.255 e. The van der Waals surface area contributed by atoms with Gasteiger partial charge in [0.2, 0.25) is 5.95 Å². The van der Waals surface area contributed by atoms with Crippen molar-refractivity contribution in [2.45, 2.75) is 128 Å². The fraction of sp³-hybridized carbons (Fsp3) is 0.706. The number of rotatable bonds is 14. The third-order valence-electron chi connectivity index (χ3n) is 9.05. The maximum absolute atomic E-state index is 12.3. The van der Waals surface area contributed by atoms with Gasteiger partial charge in [0.25, 0.3) is 20.0 Å². The van der Waals surface area contributed by atoms with E-state index in [2.05, 4.69) is 48.1 Å². The van der Waals surface area contributed by atoms with Gasteiger partial charge in [-0.05, 0) is 105 Å². The van der Waals surface area contributed by atoms with Crippen molar-refractivity contribution in [2.24, 2.45) is 38.7 Å². The van der Waals surface area contributed by atoms with E-state index in [-0.39, 0.29) is 5.03 Å². The summed E-state index contributed by atoms with van der Waals surface area (Å²) in [7, 11) is -7.61. The highest BCUT2D eigenvalue weighted by Crippen LogP contribution is 2.43. The highest BCUT2D eigenvalue weighted by atomic mass is 32.2. The zero-order chi connectivity index (χ0) is 35.1. The predicted octanol–water partition coefficient (Wildman–Crippen LogP) is 6.73. The molecule has 2 fully saturated rings. The minimum absolute atomic E-state index is 0.0913. The quantitative estimate of drug-likeness (QED) is 0.124. The van der Waals surface area contributed by atoms with Crippen molar-refractivity contribution >= 4 is 25.9 Å². The minimum atomic E-state index is -3.88. The average Bonchev–Trinajstić information content (AvgIpc) is 3.52. The van der Waals surface area contributed by atoms with Crippen LogP contribution in [-0.4, -0.2) is 39.9 Å². The van der Waals surface area contributed by atoms with Gasteiger partial charge < -0.3 is 11.1 Å². The van der Waals surface area contributed by atoms with E-state index in [1.54, 1.807) is 12.1 Å². The molecule has 0 spiro atoms. The van der Waals surface area contributed by atoms with Crippen molar-refractivity contribution in [2.75, 3.05) is 18.4 Å². The number of pyridine rings is 2. The smallest absolute Gasteiger partial charge is 0.255 e. The second-order valence-corrected chi connectivity index (χ2v) is 17.7. The van der Waals surface area contributed by atoms with Crippen LogP contribution in [0.1, 0.15) is 118 Å². The molecule has 2 aliphatic carbocycles. The molecule has 2 heterocycles. The number of primary sulfonamides is 2. The van der Waals surface area contributed by atoms with Crippen LogP contribution in [-0.2, 0) is 20.0 Å². The van der Waals surface area contributed by atoms with Gasteiger partial charge >= 0.3 is 0 Å². The molecule has 2 aliphatic rings. The van der Waals surface area contributed by atoms with Crippen LogP contribution in [0.25, 0.3) is 0 Å². The predicted molar refractivity (Wildman–Crippen MR) is 188 cm³/mol. The average molecular weight is 699 g/mol. The van der Waals surface area contributed by atoms with E-state index >= 15 is 0 Å². The van der Waals surface area contributed by atoms with E-state index in [1.807, 2.05) is 0 Å². The molecular formula is C34H59FN6O4S2. The Bertz CT molecular complexity index is 1440. The van der Waals surface area contributed by atoms with Gasteiger partial charge in [-0.3, -0.25) is 0 Å². The summed E-state index contributed by atoms with van der Waals surface area (Å²) in [5.74, 6) is 1.63. The lowest BCUT2D eigenvalue weighted by atomic mass is 9.89. The Hall–Kier alpha value is -2.19. The van der Waals surface area contributed by atoms with Gasteiger partial charge in [0.15, 0.2) is 10.1 Å². The van der Waals surface area contributed by atoms with Gasteiger partial charge in [0.05, 0.1) is 0 Å². The molecule has 2 aromatic rings. The van der Waals surface area contributed by atoms with Crippen LogP contribution in [0.3, 0.4) is 0 Å². The number of halogens is 1. The Balaban J connectivity index is 0.000000270. The monoisotopic (exact) mass is 698 g/mol. The fourth-order valence-corrected chi connectivity index (χ4v) is 7.56. The van der Waals surface area contributed by atoms with Crippen LogP contribution in [0, 0.1) is 28.6 Å². The fourth-order valence-electron chi connectivity index (χ4n) is 6.58. The van der Waals surface area contributed by atoms with Crippen LogP contribution >= 0.6 is 0 Å². The topological polar surface area (TPSA) is 184 Å². The Morgan fingerprint density at radius 1 is 0.745 bits per heavy atom. The first-order valence-electron chi connectivity index (χ1n) is 17.0. The molecule has 0 radical (unpaired) electrons. The third kappa shape index (κ3) is 17.2. The third-order valence-corrected chi connectivity index (χ3v) is 10.7. The summed E-state index contributed by atoms with van der Waals surface area (Å²) in [6.45, 7) is 11.2. The minimum Gasteiger partial charge on any atom is -0.370 e. The number of aromatic nitrogens is 2. The van der Waals surface area contributed by atoms with E-state index < -0.39 is 31.0 Å². The molecule has 268 valence electrons. The Morgan fingerprint density at radius 3 is 1.66 bits per heavy atom. The molecule has 13 heteroatoms. The Kier molecular flexibility index (Phi) is 16.7. The summed E-state index contributed by atoms with van der Waals surface area (Å²) in [5, 5.41) is 12.4. The summed E-state index contributed by atoms with van der Waals surface area (Å²) in [6, 6.07) is 8.20. The van der Waals surface area contributed by atoms with Crippen molar-refractivity contribution in [3.05, 3.63) is 42.3 Å². The van der Waals surface area contributed by atoms with Crippen molar-refractivity contribution in [1.82, 2.24) is 9.97 Å². The number of nitrogens with zero attached hydrogens (tertiary/aromatic N) is 2. The number of hydrogen-bond donors (Lipinski definition) is 4. The van der Waals surface area contributed by atoms with Crippen LogP contribution in [0.2, 0.25) is 0 Å². The van der Waals surface area contributed by atoms with E-state index in [0.717, 1.165) is 43.5 Å². The molecule has 0 amide bonds. The molecule has 0 aromatic carbocycles. The standard InChI is InChI=1S/C17H29N3O2S.C12H25N.C5H5FN2O2S/c1-17(2)11-10-14(13-17)7-4-3-5-12-19-15-8-6-9-16(20-15)23(18,21)22;1-12(2)8-7-11(10-12)6-4-3-5-9-13;6-4-2-1-3-5(8-4)11(7,9)10/h6,8-9,14H,3-5,7,10-13H2,1-2H3,(H,19,20)(H2,18,21,22);11H,3-10,13H2,1-2H3;1-3H,(H2,7,9,10). The SMILES string of the molecule is CC1(C)CCC(CCCCCN)C1.CC1(C)CCC(CCCCCNc2cccc(S(N)(=O)=O)n2)C1.NS(=O)(=O)c1cccc(F)n1. The van der Waals surface area contributed by atoms with Gasteiger partial charge in [0, 0.05) is 6.54 Å². The van der Waals surface area contributed by atoms with E-state index in [1.165, 1.54) is 95.6 Å². The van der Waals surface area contributed by atoms with Gasteiger partial charge in [-0.1, -0.05) is 78.4 Å². The van der Waals surface area contributed by atoms with Crippen molar-refractivity contribution in [1.29, 1.82) is 0 Å². The van der Waals surface area contributed by atoms with Gasteiger partial charge in [0.1, 0.15) is 5.82 Å². The van der Waals surface area contributed by atoms with Crippen LogP contribution in [0.4, 0.5) is 10.2 Å². The lowest BCUT2D eigenvalue weighted by Crippen LogP contribution is -2.15. The van der Waals surface area contributed by atoms with E-state index in [0.29, 0.717) is 16.6 Å². The summed E-state index contributed by atoms with van der Waals surface area (Å²) in [5.41, 5.74) is 6.65. The van der Waals surface area contributed by atoms with E-state index in [4.69, 9.17) is 10.9 Å². The van der Waals surface area contributed by atoms with Crippen LogP contribution in [0.15, 0.2) is 46.5 Å². The number of anilines is 1. The highest BCUT2D eigenvalue weighted by molar-refractivity contribution is 7.89. The Morgan fingerprint density at radius 2 is 1.23 bits per heavy atom. The first kappa shape index (κ1) is 41.0. The van der Waals surface area contributed by atoms with Crippen molar-refractivity contribution < 1.29 is 21.2 Å². The van der Waals surface area contributed by atoms with E-state index in [9.17, 15) is 21.2 Å². The molecule has 10 nitrogen and oxygen atoms in total. The van der Waals surface area contributed by atoms with Crippen molar-refractivity contribution in [3.8, 4) is 0 Å². The summed E-state index contributed by atoms with van der Waals surface area (Å²) in [4.78, 5) is 7.08. The summed E-state index contributed by atoms with van der Waals surface area (Å²) < 4.78 is 55.9. The van der Waals surface area contributed by atoms with Gasteiger partial charge in [-0.2, -0.15) is 4.39 Å². The summed E-state index contributed by atoms with van der Waals surface area (Å²) >= 11 is 0. The second kappa shape index (κ2) is 19.1. The van der Waals surface area contributed by atoms with Crippen LogP contribution < -0.4 is 21.3 Å². The molecule has 2 atom stereocenters. The molecule has 7 N–H and O–H groups in total. The number of unbranched alkanes of at least 4 members (excludes halogenated alkanes) is 4. The number of nitrogens with two attached hydrogens (primary N) is 3. The lowest BCUT2D eigenvalue weighted by molar-refractivity contribution is 0.350. The zero-order valence-corrected chi connectivity index (χ0v) is 30.5. The molecule has 0 saturated heterocycles. The first-order valence-corrected chi connectivity index (χ1v) is 20.1. The molecule has 2 unspecified atom stereocenters. The molecule has 0 bridgehead atoms. The highest BCUT2D eigenvalue weighted by Gasteiger charge is 2.31. The maximum atomic E-state index is 12.3. The molecule has 2 aromatic heterocycles. The second-order valence-electron chi connectivity index (χ2n) is 14.7. The molecule has 47 heavy (non-hydrogen) atoms. The largest absolute Gasteiger partial charge is 0.370 e. The molecular weight excluding hydrogens is 640 g/mol. The number of hydrogen-bond acceptors (Lipinski definition) is 8.